The Balaban J connectivity index is 3.44. The number of halogens is 4. The average Bonchev–Trinajstić information content (AvgIpc) is 1.95. The number of alkyl carbamates (subject to hydrolysis) is 1. The summed E-state index contributed by atoms with van der Waals surface area (Å²) < 4.78 is 38.0. The lowest BCUT2D eigenvalue weighted by Crippen LogP contribution is -2.30. The molecule has 0 saturated heterocycles. The highest BCUT2D eigenvalue weighted by molar-refractivity contribution is 6.18. The van der Waals surface area contributed by atoms with Gasteiger partial charge >= 0.3 is 12.3 Å². The van der Waals surface area contributed by atoms with Crippen LogP contribution in [0.3, 0.4) is 0 Å². The van der Waals surface area contributed by atoms with Crippen molar-refractivity contribution in [2.75, 3.05) is 19.0 Å². The van der Waals surface area contributed by atoms with Gasteiger partial charge in [0.15, 0.2) is 6.61 Å². The Bertz CT molecular complexity index is 150. The van der Waals surface area contributed by atoms with Crippen molar-refractivity contribution in [3.63, 3.8) is 0 Å². The quantitative estimate of drug-likeness (QED) is 0.710. The average molecular weight is 206 g/mol. The van der Waals surface area contributed by atoms with E-state index in [0.29, 0.717) is 0 Å². The maximum absolute atomic E-state index is 11.4. The number of rotatable bonds is 3. The first-order chi connectivity index (χ1) is 5.45. The van der Waals surface area contributed by atoms with Crippen molar-refractivity contribution < 1.29 is 22.7 Å². The van der Waals surface area contributed by atoms with Crippen LogP contribution in [0.25, 0.3) is 0 Å². The number of ether oxygens (including phenoxy) is 1. The van der Waals surface area contributed by atoms with Gasteiger partial charge in [-0.3, -0.25) is 0 Å². The van der Waals surface area contributed by atoms with Crippen LogP contribution in [0.15, 0.2) is 0 Å². The lowest BCUT2D eigenvalue weighted by Gasteiger charge is -2.07. The molecule has 7 heteroatoms. The zero-order valence-corrected chi connectivity index (χ0v) is 6.71. The third kappa shape index (κ3) is 7.46. The summed E-state index contributed by atoms with van der Waals surface area (Å²) in [7, 11) is 0. The number of carbonyl (C=O) groups is 1. The molecule has 0 aromatic rings. The van der Waals surface area contributed by atoms with Gasteiger partial charge in [0.2, 0.25) is 0 Å². The summed E-state index contributed by atoms with van der Waals surface area (Å²) in [5.41, 5.74) is 0. The smallest absolute Gasteiger partial charge is 0.422 e. The van der Waals surface area contributed by atoms with Gasteiger partial charge in [-0.05, 0) is 0 Å². The van der Waals surface area contributed by atoms with Crippen LogP contribution >= 0.6 is 11.6 Å². The Kier molecular flexibility index (Phi) is 4.80. The van der Waals surface area contributed by atoms with E-state index in [-0.39, 0.29) is 12.4 Å². The van der Waals surface area contributed by atoms with Crippen molar-refractivity contribution in [2.24, 2.45) is 0 Å². The predicted octanol–water partition coefficient (Wildman–Crippen LogP) is 1.51. The number of alkyl halides is 4. The van der Waals surface area contributed by atoms with Crippen molar-refractivity contribution in [1.29, 1.82) is 0 Å². The third-order valence-electron chi connectivity index (χ3n) is 0.731. The van der Waals surface area contributed by atoms with Crippen molar-refractivity contribution in [3.05, 3.63) is 0 Å². The Morgan fingerprint density at radius 1 is 1.50 bits per heavy atom. The topological polar surface area (TPSA) is 38.3 Å². The number of hydrogen-bond acceptors (Lipinski definition) is 2. The highest BCUT2D eigenvalue weighted by atomic mass is 35.5. The first-order valence-corrected chi connectivity index (χ1v) is 3.52. The Morgan fingerprint density at radius 3 is 2.50 bits per heavy atom. The maximum Gasteiger partial charge on any atom is 0.422 e. The van der Waals surface area contributed by atoms with Crippen molar-refractivity contribution in [3.8, 4) is 0 Å². The van der Waals surface area contributed by atoms with E-state index in [1.807, 2.05) is 5.32 Å². The van der Waals surface area contributed by atoms with Gasteiger partial charge in [-0.25, -0.2) is 4.79 Å². The zero-order valence-electron chi connectivity index (χ0n) is 5.95. The van der Waals surface area contributed by atoms with Crippen LogP contribution in [0.5, 0.6) is 0 Å². The molecule has 0 aromatic carbocycles. The second kappa shape index (κ2) is 5.08. The second-order valence-corrected chi connectivity index (χ2v) is 2.19. The molecule has 0 rings (SSSR count). The van der Waals surface area contributed by atoms with Crippen molar-refractivity contribution in [2.45, 2.75) is 6.18 Å². The summed E-state index contributed by atoms with van der Waals surface area (Å²) in [5, 5.41) is 2.01. The van der Waals surface area contributed by atoms with Crippen LogP contribution in [-0.4, -0.2) is 31.3 Å². The fourth-order valence-electron chi connectivity index (χ4n) is 0.348. The molecule has 0 aliphatic rings. The van der Waals surface area contributed by atoms with E-state index in [0.717, 1.165) is 0 Å². The van der Waals surface area contributed by atoms with Gasteiger partial charge in [-0.2, -0.15) is 13.2 Å². The maximum atomic E-state index is 11.4. The van der Waals surface area contributed by atoms with Crippen LogP contribution in [-0.2, 0) is 4.74 Å². The largest absolute Gasteiger partial charge is 0.440 e. The molecule has 0 fully saturated rings. The summed E-state index contributed by atoms with van der Waals surface area (Å²) in [4.78, 5) is 10.4. The van der Waals surface area contributed by atoms with Crippen molar-refractivity contribution in [1.82, 2.24) is 5.32 Å². The lowest BCUT2D eigenvalue weighted by molar-refractivity contribution is -0.160. The number of amides is 1. The number of hydrogen-bond donors (Lipinski definition) is 1. The molecule has 0 bridgehead atoms. The van der Waals surface area contributed by atoms with E-state index < -0.39 is 18.9 Å². The van der Waals surface area contributed by atoms with Gasteiger partial charge in [0.05, 0.1) is 0 Å². The highest BCUT2D eigenvalue weighted by Crippen LogP contribution is 2.14. The summed E-state index contributed by atoms with van der Waals surface area (Å²) in [5.74, 6) is 0.126. The fraction of sp³-hybridized carbons (Fsp3) is 0.800. The fourth-order valence-corrected chi connectivity index (χ4v) is 0.442. The van der Waals surface area contributed by atoms with Crippen LogP contribution in [0.2, 0.25) is 0 Å². The van der Waals surface area contributed by atoms with Crippen molar-refractivity contribution >= 4 is 17.7 Å². The van der Waals surface area contributed by atoms with E-state index in [2.05, 4.69) is 4.74 Å². The molecule has 0 unspecified atom stereocenters. The Hall–Kier alpha value is -0.650. The van der Waals surface area contributed by atoms with Crippen LogP contribution < -0.4 is 5.32 Å². The second-order valence-electron chi connectivity index (χ2n) is 1.81. The molecule has 0 aromatic heterocycles. The number of carbonyl (C=O) groups excluding carboxylic acids is 1. The Labute approximate surface area is 71.8 Å². The first kappa shape index (κ1) is 11.4. The lowest BCUT2D eigenvalue weighted by atomic mass is 10.7. The minimum absolute atomic E-state index is 0.0816. The SMILES string of the molecule is O=C(NCCCl)OCC(F)(F)F. The van der Waals surface area contributed by atoms with E-state index in [1.165, 1.54) is 0 Å². The molecule has 1 N–H and O–H groups in total. The molecule has 0 saturated carbocycles. The molecule has 0 atom stereocenters. The normalized spacial score (nSPS) is 11.0. The number of nitrogens with one attached hydrogen (secondary N) is 1. The van der Waals surface area contributed by atoms with Gasteiger partial charge in [0, 0.05) is 12.4 Å². The Morgan fingerprint density at radius 2 is 2.08 bits per heavy atom. The van der Waals surface area contributed by atoms with Gasteiger partial charge in [-0.15, -0.1) is 11.6 Å². The van der Waals surface area contributed by atoms with Crippen LogP contribution in [0.1, 0.15) is 0 Å². The highest BCUT2D eigenvalue weighted by Gasteiger charge is 2.29. The molecule has 12 heavy (non-hydrogen) atoms. The summed E-state index contributed by atoms with van der Waals surface area (Å²) >= 11 is 5.14. The van der Waals surface area contributed by atoms with E-state index in [1.54, 1.807) is 0 Å². The first-order valence-electron chi connectivity index (χ1n) is 2.99. The molecule has 0 radical (unpaired) electrons. The summed E-state index contributed by atoms with van der Waals surface area (Å²) in [6.45, 7) is -1.50. The molecule has 0 heterocycles. The van der Waals surface area contributed by atoms with E-state index >= 15 is 0 Å². The van der Waals surface area contributed by atoms with E-state index in [4.69, 9.17) is 11.6 Å². The molecule has 0 aliphatic carbocycles. The van der Waals surface area contributed by atoms with Crippen LogP contribution in [0.4, 0.5) is 18.0 Å². The monoisotopic (exact) mass is 205 g/mol. The molecule has 0 spiro atoms. The summed E-state index contributed by atoms with van der Waals surface area (Å²) in [6.07, 6.45) is -5.61. The molecule has 1 amide bonds. The molecular weight excluding hydrogens is 199 g/mol. The standard InChI is InChI=1S/C5H7ClF3NO2/c6-1-2-10-4(11)12-3-5(7,8)9/h1-3H2,(H,10,11). The van der Waals surface area contributed by atoms with Gasteiger partial charge in [0.25, 0.3) is 0 Å². The third-order valence-corrected chi connectivity index (χ3v) is 0.920. The van der Waals surface area contributed by atoms with Crippen LogP contribution in [0, 0.1) is 0 Å². The van der Waals surface area contributed by atoms with Gasteiger partial charge < -0.3 is 10.1 Å². The molecule has 0 aliphatic heterocycles. The molecule has 72 valence electrons. The van der Waals surface area contributed by atoms with E-state index in [9.17, 15) is 18.0 Å². The molecule has 3 nitrogen and oxygen atoms in total. The van der Waals surface area contributed by atoms with Gasteiger partial charge in [0.1, 0.15) is 0 Å². The minimum atomic E-state index is -4.49. The summed E-state index contributed by atoms with van der Waals surface area (Å²) in [6, 6.07) is 0. The molecular formula is C5H7ClF3NO2. The van der Waals surface area contributed by atoms with Gasteiger partial charge in [-0.1, -0.05) is 0 Å². The predicted molar refractivity (Wildman–Crippen MR) is 36.1 cm³/mol. The zero-order chi connectivity index (χ0) is 9.61. The minimum Gasteiger partial charge on any atom is -0.440 e.